The first kappa shape index (κ1) is 20.2. The number of imidazole rings is 1. The number of nitrogens with two attached hydrogens (primary N) is 1. The highest BCUT2D eigenvalue weighted by Gasteiger charge is 2.44. The molecule has 3 atom stereocenters. The highest BCUT2D eigenvalue weighted by Crippen LogP contribution is 2.45. The summed E-state index contributed by atoms with van der Waals surface area (Å²) in [5.41, 5.74) is 7.25. The minimum atomic E-state index is -1.90. The fourth-order valence-corrected chi connectivity index (χ4v) is 6.21. The van der Waals surface area contributed by atoms with Crippen molar-refractivity contribution < 1.29 is 9.53 Å². The van der Waals surface area contributed by atoms with Crippen LogP contribution in [-0.4, -0.2) is 45.7 Å². The molecule has 1 saturated carbocycles. The zero-order valence-corrected chi connectivity index (χ0v) is 18.3. The number of rotatable bonds is 6. The van der Waals surface area contributed by atoms with Crippen molar-refractivity contribution in [3.8, 4) is 0 Å². The zero-order chi connectivity index (χ0) is 20.0. The molecule has 0 radical (unpaired) electrons. The summed E-state index contributed by atoms with van der Waals surface area (Å²) in [5, 5.41) is 10.8. The number of nitrogens with zero attached hydrogens (tertiary/aromatic N) is 4. The van der Waals surface area contributed by atoms with Gasteiger partial charge in [-0.1, -0.05) is 27.7 Å². The Bertz CT molecular complexity index is 804. The number of aliphatic hydroxyl groups excluding tert-OH is 1. The van der Waals surface area contributed by atoms with Gasteiger partial charge in [0.05, 0.1) is 12.4 Å². The van der Waals surface area contributed by atoms with Gasteiger partial charge in [-0.2, -0.15) is 0 Å². The average molecular weight is 392 g/mol. The second-order valence-electron chi connectivity index (χ2n) is 9.23. The summed E-state index contributed by atoms with van der Waals surface area (Å²) in [6.45, 7) is 14.3. The van der Waals surface area contributed by atoms with E-state index in [0.717, 1.165) is 12.1 Å². The average Bonchev–Trinajstić information content (AvgIpc) is 3.17. The Morgan fingerprint density at radius 3 is 2.67 bits per heavy atom. The highest BCUT2D eigenvalue weighted by atomic mass is 28.4. The molecule has 1 aliphatic rings. The Morgan fingerprint density at radius 1 is 1.30 bits per heavy atom. The number of aliphatic hydroxyl groups is 1. The molecule has 2 aromatic heterocycles. The van der Waals surface area contributed by atoms with Crippen LogP contribution in [0, 0.1) is 11.8 Å². The number of anilines is 1. The van der Waals surface area contributed by atoms with E-state index < -0.39 is 8.32 Å². The lowest BCUT2D eigenvalue weighted by molar-refractivity contribution is 0.0923. The Labute approximate surface area is 162 Å². The molecule has 1 fully saturated rings. The molecule has 3 N–H and O–H groups in total. The summed E-state index contributed by atoms with van der Waals surface area (Å²) in [6.07, 6.45) is 4.38. The maximum absolute atomic E-state index is 10.6. The van der Waals surface area contributed by atoms with Crippen LogP contribution in [0.1, 0.15) is 46.6 Å². The van der Waals surface area contributed by atoms with Crippen molar-refractivity contribution in [3.63, 3.8) is 0 Å². The molecule has 0 aliphatic heterocycles. The van der Waals surface area contributed by atoms with Crippen molar-refractivity contribution in [2.75, 3.05) is 12.3 Å². The molecule has 2 heterocycles. The molecule has 0 aromatic carbocycles. The molecule has 7 nitrogen and oxygen atoms in total. The third-order valence-electron chi connectivity index (χ3n) is 7.07. The predicted molar refractivity (Wildman–Crippen MR) is 110 cm³/mol. The van der Waals surface area contributed by atoms with E-state index in [1.165, 1.54) is 6.33 Å². The maximum Gasteiger partial charge on any atom is 0.192 e. The number of hydrogen-bond donors (Lipinski definition) is 2. The summed E-state index contributed by atoms with van der Waals surface area (Å²) < 4.78 is 8.52. The molecule has 3 rings (SSSR count). The molecular formula is C19H33N5O2Si. The number of aromatic nitrogens is 4. The van der Waals surface area contributed by atoms with Gasteiger partial charge in [-0.25, -0.2) is 15.0 Å². The quantitative estimate of drug-likeness (QED) is 0.732. The summed E-state index contributed by atoms with van der Waals surface area (Å²) in [4.78, 5) is 12.7. The fourth-order valence-electron chi connectivity index (χ4n) is 3.81. The van der Waals surface area contributed by atoms with Gasteiger partial charge < -0.3 is 19.8 Å². The van der Waals surface area contributed by atoms with E-state index >= 15 is 0 Å². The second kappa shape index (κ2) is 7.14. The Balaban J connectivity index is 1.71. The van der Waals surface area contributed by atoms with Gasteiger partial charge in [0.1, 0.15) is 11.8 Å². The summed E-state index contributed by atoms with van der Waals surface area (Å²) in [6, 6.07) is 0.149. The normalized spacial score (nSPS) is 24.2. The zero-order valence-electron chi connectivity index (χ0n) is 17.3. The SMILES string of the molecule is CC(C)C(C)(C)[Si](C)(C)OC[C@H]1C[C@@H](n2cnc3c(N)ncnc32)C[C@@H]1O. The van der Waals surface area contributed by atoms with Crippen LogP contribution >= 0.6 is 0 Å². The first-order valence-electron chi connectivity index (χ1n) is 9.79. The third-order valence-corrected chi connectivity index (χ3v) is 11.6. The topological polar surface area (TPSA) is 99.1 Å². The van der Waals surface area contributed by atoms with E-state index in [1.807, 2.05) is 4.57 Å². The molecule has 8 heteroatoms. The number of fused-ring (bicyclic) bond motifs is 1. The van der Waals surface area contributed by atoms with Crippen molar-refractivity contribution in [3.05, 3.63) is 12.7 Å². The fraction of sp³-hybridized carbons (Fsp3) is 0.737. The van der Waals surface area contributed by atoms with Crippen molar-refractivity contribution in [2.45, 2.75) is 70.8 Å². The largest absolute Gasteiger partial charge is 0.416 e. The van der Waals surface area contributed by atoms with Gasteiger partial charge in [0, 0.05) is 18.6 Å². The van der Waals surface area contributed by atoms with Crippen LogP contribution in [0.25, 0.3) is 11.2 Å². The minimum Gasteiger partial charge on any atom is -0.416 e. The van der Waals surface area contributed by atoms with Gasteiger partial charge in [0.15, 0.2) is 19.8 Å². The van der Waals surface area contributed by atoms with E-state index in [1.54, 1.807) is 6.33 Å². The lowest BCUT2D eigenvalue weighted by Crippen LogP contribution is -2.46. The summed E-state index contributed by atoms with van der Waals surface area (Å²) in [7, 11) is -1.90. The Hall–Kier alpha value is -1.51. The minimum absolute atomic E-state index is 0.126. The monoisotopic (exact) mass is 391 g/mol. The first-order valence-corrected chi connectivity index (χ1v) is 12.7. The molecule has 0 bridgehead atoms. The van der Waals surface area contributed by atoms with E-state index in [-0.39, 0.29) is 23.1 Å². The van der Waals surface area contributed by atoms with Crippen LogP contribution < -0.4 is 5.73 Å². The van der Waals surface area contributed by atoms with Crippen molar-refractivity contribution in [1.29, 1.82) is 0 Å². The highest BCUT2D eigenvalue weighted by molar-refractivity contribution is 6.74. The molecular weight excluding hydrogens is 358 g/mol. The maximum atomic E-state index is 10.6. The van der Waals surface area contributed by atoms with Gasteiger partial charge in [-0.3, -0.25) is 0 Å². The first-order chi connectivity index (χ1) is 12.5. The van der Waals surface area contributed by atoms with Crippen molar-refractivity contribution in [2.24, 2.45) is 11.8 Å². The van der Waals surface area contributed by atoms with Gasteiger partial charge in [-0.15, -0.1) is 0 Å². The molecule has 27 heavy (non-hydrogen) atoms. The molecule has 1 aliphatic carbocycles. The molecule has 0 unspecified atom stereocenters. The number of nitrogen functional groups attached to an aromatic ring is 1. The van der Waals surface area contributed by atoms with Crippen LogP contribution in [0.5, 0.6) is 0 Å². The molecule has 0 saturated heterocycles. The standard InChI is InChI=1S/C19H33N5O2Si/c1-12(2)19(3,4)27(5,6)26-9-13-7-14(8-15(13)25)24-11-23-16-17(20)21-10-22-18(16)24/h10-15,25H,7-9H2,1-6H3,(H2,20,21,22)/t13-,14-,15+/m1/s1. The van der Waals surface area contributed by atoms with Gasteiger partial charge >= 0.3 is 0 Å². The Morgan fingerprint density at radius 2 is 2.00 bits per heavy atom. The lowest BCUT2D eigenvalue weighted by Gasteiger charge is -2.43. The van der Waals surface area contributed by atoms with Gasteiger partial charge in [0.2, 0.25) is 0 Å². The Kier molecular flexibility index (Phi) is 5.35. The van der Waals surface area contributed by atoms with Crippen LogP contribution in [0.3, 0.4) is 0 Å². The lowest BCUT2D eigenvalue weighted by atomic mass is 9.99. The second-order valence-corrected chi connectivity index (χ2v) is 13.8. The van der Waals surface area contributed by atoms with Crippen molar-refractivity contribution >= 4 is 25.3 Å². The van der Waals surface area contributed by atoms with E-state index in [4.69, 9.17) is 10.2 Å². The number of hydrogen-bond acceptors (Lipinski definition) is 6. The van der Waals surface area contributed by atoms with E-state index in [2.05, 4.69) is 55.7 Å². The summed E-state index contributed by atoms with van der Waals surface area (Å²) in [5.74, 6) is 1.07. The third kappa shape index (κ3) is 3.62. The van der Waals surface area contributed by atoms with Crippen LogP contribution in [-0.2, 0) is 4.43 Å². The van der Waals surface area contributed by atoms with Gasteiger partial charge in [0.25, 0.3) is 0 Å². The van der Waals surface area contributed by atoms with E-state index in [9.17, 15) is 5.11 Å². The van der Waals surface area contributed by atoms with Crippen LogP contribution in [0.2, 0.25) is 18.1 Å². The molecule has 150 valence electrons. The molecule has 2 aromatic rings. The van der Waals surface area contributed by atoms with E-state index in [0.29, 0.717) is 30.3 Å². The molecule has 0 amide bonds. The molecule has 0 spiro atoms. The van der Waals surface area contributed by atoms with Crippen molar-refractivity contribution in [1.82, 2.24) is 19.5 Å². The van der Waals surface area contributed by atoms with Gasteiger partial charge in [-0.05, 0) is 36.9 Å². The summed E-state index contributed by atoms with van der Waals surface area (Å²) >= 11 is 0. The predicted octanol–water partition coefficient (Wildman–Crippen LogP) is 3.38. The van der Waals surface area contributed by atoms with Crippen LogP contribution in [0.4, 0.5) is 5.82 Å². The smallest absolute Gasteiger partial charge is 0.192 e. The van der Waals surface area contributed by atoms with Crippen LogP contribution in [0.15, 0.2) is 12.7 Å².